The van der Waals surface area contributed by atoms with Crippen LogP contribution in [0.2, 0.25) is 0 Å². The summed E-state index contributed by atoms with van der Waals surface area (Å²) in [5.74, 6) is -0.973. The summed E-state index contributed by atoms with van der Waals surface area (Å²) in [5, 5.41) is 18.7. The molecular weight excluding hydrogens is 292 g/mol. The van der Waals surface area contributed by atoms with Gasteiger partial charge in [-0.3, -0.25) is 9.48 Å². The van der Waals surface area contributed by atoms with Crippen molar-refractivity contribution in [3.8, 4) is 0 Å². The Morgan fingerprint density at radius 3 is 2.95 bits per heavy atom. The molecule has 2 amide bonds. The zero-order chi connectivity index (χ0) is 15.2. The van der Waals surface area contributed by atoms with E-state index in [9.17, 15) is 9.59 Å². The third-order valence-corrected chi connectivity index (χ3v) is 4.68. The maximum atomic E-state index is 12.0. The standard InChI is InChI=1S/C13H20N4O3S/c1-21-11-5-3-2-4-10(11)16-13(20)15-9-6-14-17(7-9)8-12(18)19/h6-7,10-11H,2-5,8H2,1H3,(H,18,19)(H2,15,16,20). The summed E-state index contributed by atoms with van der Waals surface area (Å²) in [6.45, 7) is -0.222. The lowest BCUT2D eigenvalue weighted by atomic mass is 9.95. The molecule has 1 heterocycles. The van der Waals surface area contributed by atoms with E-state index in [1.807, 2.05) is 0 Å². The highest BCUT2D eigenvalue weighted by Gasteiger charge is 2.25. The van der Waals surface area contributed by atoms with E-state index in [-0.39, 0.29) is 18.6 Å². The fraction of sp³-hybridized carbons (Fsp3) is 0.615. The average molecular weight is 312 g/mol. The highest BCUT2D eigenvalue weighted by atomic mass is 32.2. The van der Waals surface area contributed by atoms with Gasteiger partial charge in [0.25, 0.3) is 0 Å². The second kappa shape index (κ2) is 7.35. The first-order chi connectivity index (χ1) is 10.1. The Hall–Kier alpha value is -1.70. The van der Waals surface area contributed by atoms with Crippen LogP contribution in [0.3, 0.4) is 0 Å². The predicted molar refractivity (Wildman–Crippen MR) is 81.6 cm³/mol. The Balaban J connectivity index is 1.86. The van der Waals surface area contributed by atoms with Gasteiger partial charge in [0.15, 0.2) is 0 Å². The lowest BCUT2D eigenvalue weighted by Crippen LogP contribution is -2.45. The Labute approximate surface area is 127 Å². The van der Waals surface area contributed by atoms with Crippen LogP contribution < -0.4 is 10.6 Å². The number of hydrogen-bond donors (Lipinski definition) is 3. The van der Waals surface area contributed by atoms with Crippen molar-refractivity contribution in [2.45, 2.75) is 43.5 Å². The second-order valence-electron chi connectivity index (χ2n) is 5.08. The van der Waals surface area contributed by atoms with Crippen molar-refractivity contribution in [2.75, 3.05) is 11.6 Å². The molecule has 0 spiro atoms. The third-order valence-electron chi connectivity index (χ3n) is 3.51. The molecule has 1 fully saturated rings. The number of amides is 2. The average Bonchev–Trinajstić information content (AvgIpc) is 2.85. The van der Waals surface area contributed by atoms with Crippen molar-refractivity contribution in [3.63, 3.8) is 0 Å². The summed E-state index contributed by atoms with van der Waals surface area (Å²) in [7, 11) is 0. The molecule has 2 atom stereocenters. The first-order valence-corrected chi connectivity index (χ1v) is 8.22. The molecule has 3 N–H and O–H groups in total. The van der Waals surface area contributed by atoms with Crippen molar-refractivity contribution < 1.29 is 14.7 Å². The highest BCUT2D eigenvalue weighted by molar-refractivity contribution is 7.99. The van der Waals surface area contributed by atoms with Crippen LogP contribution in [0.4, 0.5) is 10.5 Å². The summed E-state index contributed by atoms with van der Waals surface area (Å²) in [6.07, 6.45) is 9.49. The number of nitrogens with zero attached hydrogens (tertiary/aromatic N) is 2. The number of carboxylic acid groups (broad SMARTS) is 1. The number of carbonyl (C=O) groups excluding carboxylic acids is 1. The molecule has 1 aliphatic carbocycles. The number of nitrogens with one attached hydrogen (secondary N) is 2. The minimum absolute atomic E-state index is 0.183. The van der Waals surface area contributed by atoms with E-state index < -0.39 is 5.97 Å². The van der Waals surface area contributed by atoms with E-state index in [2.05, 4.69) is 22.0 Å². The van der Waals surface area contributed by atoms with E-state index in [0.29, 0.717) is 10.9 Å². The molecule has 2 unspecified atom stereocenters. The van der Waals surface area contributed by atoms with Crippen LogP contribution in [0.5, 0.6) is 0 Å². The molecule has 116 valence electrons. The van der Waals surface area contributed by atoms with E-state index in [1.54, 1.807) is 11.8 Å². The van der Waals surface area contributed by atoms with Gasteiger partial charge in [0.2, 0.25) is 0 Å². The van der Waals surface area contributed by atoms with Gasteiger partial charge in [-0.2, -0.15) is 16.9 Å². The molecule has 8 heteroatoms. The molecule has 0 aromatic carbocycles. The molecule has 1 aliphatic rings. The summed E-state index contributed by atoms with van der Waals surface area (Å²) in [4.78, 5) is 22.6. The zero-order valence-corrected chi connectivity index (χ0v) is 12.7. The number of urea groups is 1. The maximum Gasteiger partial charge on any atom is 0.325 e. The molecule has 1 aromatic rings. The Kier molecular flexibility index (Phi) is 5.49. The maximum absolute atomic E-state index is 12.0. The molecular formula is C13H20N4O3S. The lowest BCUT2D eigenvalue weighted by molar-refractivity contribution is -0.137. The van der Waals surface area contributed by atoms with E-state index in [1.165, 1.54) is 23.5 Å². The normalized spacial score (nSPS) is 21.8. The smallest absolute Gasteiger partial charge is 0.325 e. The minimum Gasteiger partial charge on any atom is -0.480 e. The number of carbonyl (C=O) groups is 2. The molecule has 0 saturated heterocycles. The van der Waals surface area contributed by atoms with Gasteiger partial charge >= 0.3 is 12.0 Å². The quantitative estimate of drug-likeness (QED) is 0.770. The molecule has 0 aliphatic heterocycles. The first kappa shape index (κ1) is 15.7. The van der Waals surface area contributed by atoms with Crippen LogP contribution in [-0.2, 0) is 11.3 Å². The van der Waals surface area contributed by atoms with Gasteiger partial charge in [0.1, 0.15) is 6.54 Å². The number of thioether (sulfide) groups is 1. The first-order valence-electron chi connectivity index (χ1n) is 6.93. The zero-order valence-electron chi connectivity index (χ0n) is 11.9. The Bertz CT molecular complexity index is 505. The summed E-state index contributed by atoms with van der Waals surface area (Å²) in [5.41, 5.74) is 0.491. The molecule has 0 radical (unpaired) electrons. The Morgan fingerprint density at radius 1 is 1.48 bits per heavy atom. The van der Waals surface area contributed by atoms with E-state index >= 15 is 0 Å². The largest absolute Gasteiger partial charge is 0.480 e. The number of rotatable bonds is 5. The van der Waals surface area contributed by atoms with Gasteiger partial charge in [-0.1, -0.05) is 12.8 Å². The molecule has 21 heavy (non-hydrogen) atoms. The number of aliphatic carboxylic acids is 1. The van der Waals surface area contributed by atoms with Crippen molar-refractivity contribution in [1.82, 2.24) is 15.1 Å². The summed E-state index contributed by atoms with van der Waals surface area (Å²) in [6, 6.07) is -0.0846. The molecule has 1 saturated carbocycles. The number of hydrogen-bond acceptors (Lipinski definition) is 4. The predicted octanol–water partition coefficient (Wildman–Crippen LogP) is 1.76. The highest BCUT2D eigenvalue weighted by Crippen LogP contribution is 2.27. The molecule has 2 rings (SSSR count). The van der Waals surface area contributed by atoms with Crippen LogP contribution in [0, 0.1) is 0 Å². The van der Waals surface area contributed by atoms with Crippen LogP contribution in [0.1, 0.15) is 25.7 Å². The van der Waals surface area contributed by atoms with Crippen LogP contribution >= 0.6 is 11.8 Å². The summed E-state index contributed by atoms with van der Waals surface area (Å²) >= 11 is 1.79. The van der Waals surface area contributed by atoms with Gasteiger partial charge in [-0.05, 0) is 19.1 Å². The fourth-order valence-electron chi connectivity index (χ4n) is 2.53. The minimum atomic E-state index is -0.973. The second-order valence-corrected chi connectivity index (χ2v) is 6.16. The van der Waals surface area contributed by atoms with Crippen molar-refractivity contribution in [2.24, 2.45) is 0 Å². The van der Waals surface area contributed by atoms with Crippen molar-refractivity contribution in [3.05, 3.63) is 12.4 Å². The van der Waals surface area contributed by atoms with Gasteiger partial charge in [0.05, 0.1) is 11.9 Å². The topological polar surface area (TPSA) is 96.3 Å². The molecule has 0 bridgehead atoms. The van der Waals surface area contributed by atoms with Gasteiger partial charge in [-0.25, -0.2) is 4.79 Å². The summed E-state index contributed by atoms with van der Waals surface area (Å²) < 4.78 is 1.27. The Morgan fingerprint density at radius 2 is 2.24 bits per heavy atom. The van der Waals surface area contributed by atoms with E-state index in [4.69, 9.17) is 5.11 Å². The van der Waals surface area contributed by atoms with Crippen LogP contribution in [0.25, 0.3) is 0 Å². The molecule has 7 nitrogen and oxygen atoms in total. The van der Waals surface area contributed by atoms with Crippen LogP contribution in [-0.4, -0.2) is 44.4 Å². The molecule has 1 aromatic heterocycles. The monoisotopic (exact) mass is 312 g/mol. The van der Waals surface area contributed by atoms with Gasteiger partial charge in [0, 0.05) is 17.5 Å². The van der Waals surface area contributed by atoms with E-state index in [0.717, 1.165) is 19.3 Å². The number of carboxylic acids is 1. The van der Waals surface area contributed by atoms with Gasteiger partial charge < -0.3 is 15.7 Å². The third kappa shape index (κ3) is 4.66. The lowest BCUT2D eigenvalue weighted by Gasteiger charge is -2.30. The van der Waals surface area contributed by atoms with Crippen molar-refractivity contribution in [1.29, 1.82) is 0 Å². The number of anilines is 1. The number of aromatic nitrogens is 2. The van der Waals surface area contributed by atoms with Gasteiger partial charge in [-0.15, -0.1) is 0 Å². The fourth-order valence-corrected chi connectivity index (χ4v) is 3.47. The van der Waals surface area contributed by atoms with Crippen molar-refractivity contribution >= 4 is 29.4 Å². The SMILES string of the molecule is CSC1CCCCC1NC(=O)Nc1cnn(CC(=O)O)c1. The van der Waals surface area contributed by atoms with Crippen LogP contribution in [0.15, 0.2) is 12.4 Å².